The fraction of sp³-hybridized carbons (Fsp3) is 0.450. The van der Waals surface area contributed by atoms with Crippen LogP contribution in [0.1, 0.15) is 43.5 Å². The van der Waals surface area contributed by atoms with Crippen LogP contribution in [0.15, 0.2) is 41.2 Å². The molecule has 0 bridgehead atoms. The molecule has 0 N–H and O–H groups in total. The fourth-order valence-corrected chi connectivity index (χ4v) is 4.21. The Kier molecular flexibility index (Phi) is 3.44. The third-order valence-electron chi connectivity index (χ3n) is 5.32. The lowest BCUT2D eigenvalue weighted by atomic mass is 9.78. The summed E-state index contributed by atoms with van der Waals surface area (Å²) in [4.78, 5) is 13.1. The molecule has 0 radical (unpaired) electrons. The molecule has 0 fully saturated rings. The summed E-state index contributed by atoms with van der Waals surface area (Å²) in [6, 6.07) is 7.78. The summed E-state index contributed by atoms with van der Waals surface area (Å²) in [5.74, 6) is 0.0849. The van der Waals surface area contributed by atoms with Crippen LogP contribution in [0.4, 0.5) is 0 Å². The van der Waals surface area contributed by atoms with Crippen molar-refractivity contribution in [3.05, 3.63) is 57.9 Å². The zero-order valence-electron chi connectivity index (χ0n) is 14.6. The number of pyridine rings is 1. The van der Waals surface area contributed by atoms with E-state index >= 15 is 0 Å². The van der Waals surface area contributed by atoms with E-state index in [0.717, 1.165) is 22.2 Å². The van der Waals surface area contributed by atoms with Crippen molar-refractivity contribution in [2.75, 3.05) is 7.11 Å². The largest absolute Gasteiger partial charge is 0.376 e. The van der Waals surface area contributed by atoms with Crippen LogP contribution < -0.4 is 5.43 Å². The first kappa shape index (κ1) is 15.6. The van der Waals surface area contributed by atoms with Gasteiger partial charge in [-0.25, -0.2) is 0 Å². The summed E-state index contributed by atoms with van der Waals surface area (Å²) in [5.41, 5.74) is 2.56. The number of fused-ring (bicyclic) bond motifs is 4. The van der Waals surface area contributed by atoms with Gasteiger partial charge < -0.3 is 14.0 Å². The van der Waals surface area contributed by atoms with Crippen LogP contribution in [0.3, 0.4) is 0 Å². The van der Waals surface area contributed by atoms with Gasteiger partial charge in [0.2, 0.25) is 0 Å². The van der Waals surface area contributed by atoms with Crippen LogP contribution in [0, 0.1) is 0 Å². The lowest BCUT2D eigenvalue weighted by Gasteiger charge is -2.43. The van der Waals surface area contributed by atoms with Crippen molar-refractivity contribution in [3.8, 4) is 0 Å². The first-order chi connectivity index (χ1) is 11.4. The number of hydrogen-bond acceptors (Lipinski definition) is 3. The van der Waals surface area contributed by atoms with E-state index in [4.69, 9.17) is 9.47 Å². The van der Waals surface area contributed by atoms with E-state index in [9.17, 15) is 4.79 Å². The fourth-order valence-electron chi connectivity index (χ4n) is 4.21. The number of ether oxygens (including phenoxy) is 2. The molecule has 4 heteroatoms. The van der Waals surface area contributed by atoms with Gasteiger partial charge in [-0.05, 0) is 26.0 Å². The molecule has 24 heavy (non-hydrogen) atoms. The third-order valence-corrected chi connectivity index (χ3v) is 5.32. The molecule has 4 rings (SSSR count). The summed E-state index contributed by atoms with van der Waals surface area (Å²) in [6.07, 6.45) is 4.80. The number of para-hydroxylation sites is 1. The zero-order chi connectivity index (χ0) is 17.1. The van der Waals surface area contributed by atoms with Gasteiger partial charge in [0.05, 0.1) is 23.3 Å². The summed E-state index contributed by atoms with van der Waals surface area (Å²) in [6.45, 7) is 4.13. The topological polar surface area (TPSA) is 40.5 Å². The number of hydrogen-bond donors (Lipinski definition) is 0. The van der Waals surface area contributed by atoms with Gasteiger partial charge >= 0.3 is 0 Å². The molecule has 2 aromatic rings. The molecule has 2 aliphatic rings. The molecule has 2 heterocycles. The number of nitrogens with zero attached hydrogens (tertiary/aromatic N) is 1. The highest BCUT2D eigenvalue weighted by Crippen LogP contribution is 2.44. The van der Waals surface area contributed by atoms with Crippen LogP contribution in [0.2, 0.25) is 0 Å². The highest BCUT2D eigenvalue weighted by Gasteiger charge is 2.42. The van der Waals surface area contributed by atoms with E-state index in [0.29, 0.717) is 6.42 Å². The van der Waals surface area contributed by atoms with Crippen molar-refractivity contribution in [1.29, 1.82) is 0 Å². The minimum atomic E-state index is -0.285. The number of rotatable bonds is 1. The highest BCUT2D eigenvalue weighted by molar-refractivity contribution is 5.80. The molecule has 0 spiro atoms. The van der Waals surface area contributed by atoms with E-state index in [1.165, 1.54) is 0 Å². The Morgan fingerprint density at radius 3 is 2.79 bits per heavy atom. The predicted octanol–water partition coefficient (Wildman–Crippen LogP) is 3.45. The van der Waals surface area contributed by atoms with Gasteiger partial charge in [0, 0.05) is 43.1 Å². The average Bonchev–Trinajstić information content (AvgIpc) is 2.57. The molecule has 0 saturated carbocycles. The number of aromatic nitrogens is 1. The lowest BCUT2D eigenvalue weighted by molar-refractivity contribution is -0.0880. The Labute approximate surface area is 141 Å². The summed E-state index contributed by atoms with van der Waals surface area (Å²) in [7, 11) is 3.70. The SMILES string of the molecule is COC1CC2OC(C)(C)C=CC2c2c1c(=O)c1ccccc1n2C. The van der Waals surface area contributed by atoms with Crippen LogP contribution in [-0.4, -0.2) is 23.4 Å². The van der Waals surface area contributed by atoms with Crippen molar-refractivity contribution in [2.24, 2.45) is 7.05 Å². The number of aryl methyl sites for hydroxylation is 1. The molecule has 1 aliphatic heterocycles. The monoisotopic (exact) mass is 325 g/mol. The molecular formula is C20H23NO3. The van der Waals surface area contributed by atoms with E-state index in [-0.39, 0.29) is 29.2 Å². The van der Waals surface area contributed by atoms with Gasteiger partial charge in [-0.3, -0.25) is 4.79 Å². The maximum absolute atomic E-state index is 13.1. The zero-order valence-corrected chi connectivity index (χ0v) is 14.6. The second kappa shape index (κ2) is 5.30. The molecular weight excluding hydrogens is 302 g/mol. The molecule has 0 saturated heterocycles. The third kappa shape index (κ3) is 2.17. The number of methoxy groups -OCH3 is 1. The van der Waals surface area contributed by atoms with Crippen molar-refractivity contribution < 1.29 is 9.47 Å². The average molecular weight is 325 g/mol. The Morgan fingerprint density at radius 2 is 2.04 bits per heavy atom. The van der Waals surface area contributed by atoms with Crippen LogP contribution in [0.5, 0.6) is 0 Å². The van der Waals surface area contributed by atoms with Crippen LogP contribution in [0.25, 0.3) is 10.9 Å². The van der Waals surface area contributed by atoms with E-state index in [1.807, 2.05) is 31.3 Å². The first-order valence-electron chi connectivity index (χ1n) is 8.44. The summed E-state index contributed by atoms with van der Waals surface area (Å²) in [5, 5.41) is 0.750. The van der Waals surface area contributed by atoms with Gasteiger partial charge in [-0.2, -0.15) is 0 Å². The molecule has 0 amide bonds. The van der Waals surface area contributed by atoms with E-state index in [2.05, 4.69) is 30.6 Å². The van der Waals surface area contributed by atoms with Gasteiger partial charge in [0.25, 0.3) is 0 Å². The molecule has 126 valence electrons. The minimum absolute atomic E-state index is 0.0224. The van der Waals surface area contributed by atoms with Gasteiger partial charge in [-0.1, -0.05) is 24.3 Å². The van der Waals surface area contributed by atoms with E-state index in [1.54, 1.807) is 7.11 Å². The van der Waals surface area contributed by atoms with Crippen molar-refractivity contribution in [2.45, 2.75) is 44.0 Å². The Balaban J connectivity index is 2.04. The molecule has 3 atom stereocenters. The first-order valence-corrected chi connectivity index (χ1v) is 8.44. The van der Waals surface area contributed by atoms with Crippen molar-refractivity contribution in [3.63, 3.8) is 0 Å². The molecule has 1 aliphatic carbocycles. The summed E-state index contributed by atoms with van der Waals surface area (Å²) >= 11 is 0. The minimum Gasteiger partial charge on any atom is -0.376 e. The normalized spacial score (nSPS) is 27.8. The molecule has 4 nitrogen and oxygen atoms in total. The van der Waals surface area contributed by atoms with Gasteiger partial charge in [0.1, 0.15) is 0 Å². The van der Waals surface area contributed by atoms with Crippen LogP contribution in [-0.2, 0) is 16.5 Å². The quantitative estimate of drug-likeness (QED) is 0.754. The second-order valence-corrected chi connectivity index (χ2v) is 7.31. The Hall–Kier alpha value is -1.91. The summed E-state index contributed by atoms with van der Waals surface area (Å²) < 4.78 is 14.1. The van der Waals surface area contributed by atoms with Crippen molar-refractivity contribution >= 4 is 10.9 Å². The maximum atomic E-state index is 13.1. The lowest BCUT2D eigenvalue weighted by Crippen LogP contribution is -2.43. The second-order valence-electron chi connectivity index (χ2n) is 7.31. The Bertz CT molecular complexity index is 894. The Morgan fingerprint density at radius 1 is 1.29 bits per heavy atom. The standard InChI is InChI=1S/C20H23NO3/c1-20(2)10-9-13-15(24-20)11-16(23-4)17-18(13)21(3)14-8-6-5-7-12(14)19(17)22/h5-10,13,15-16H,11H2,1-4H3. The van der Waals surface area contributed by atoms with E-state index < -0.39 is 0 Å². The molecule has 1 aromatic carbocycles. The highest BCUT2D eigenvalue weighted by atomic mass is 16.5. The van der Waals surface area contributed by atoms with Crippen LogP contribution >= 0.6 is 0 Å². The van der Waals surface area contributed by atoms with Crippen molar-refractivity contribution in [1.82, 2.24) is 4.57 Å². The predicted molar refractivity (Wildman–Crippen MR) is 94.4 cm³/mol. The smallest absolute Gasteiger partial charge is 0.195 e. The maximum Gasteiger partial charge on any atom is 0.195 e. The molecule has 3 unspecified atom stereocenters. The molecule has 1 aromatic heterocycles. The van der Waals surface area contributed by atoms with Gasteiger partial charge in [0.15, 0.2) is 5.43 Å². The number of benzene rings is 1. The van der Waals surface area contributed by atoms with Gasteiger partial charge in [-0.15, -0.1) is 0 Å².